The first-order chi connectivity index (χ1) is 17.2. The fourth-order valence-corrected chi connectivity index (χ4v) is 4.46. The van der Waals surface area contributed by atoms with E-state index in [1.54, 1.807) is 37.3 Å². The summed E-state index contributed by atoms with van der Waals surface area (Å²) in [5.41, 5.74) is 3.83. The molecule has 36 heavy (non-hydrogen) atoms. The van der Waals surface area contributed by atoms with Crippen LogP contribution in [0.4, 0.5) is 15.8 Å². The highest BCUT2D eigenvalue weighted by Gasteiger charge is 2.38. The van der Waals surface area contributed by atoms with Crippen LogP contribution in [-0.2, 0) is 11.4 Å². The lowest BCUT2D eigenvalue weighted by molar-refractivity contribution is -0.121. The topological polar surface area (TPSA) is 80.3 Å². The van der Waals surface area contributed by atoms with E-state index in [2.05, 4.69) is 5.32 Å². The normalized spacial score (nSPS) is 14.2. The van der Waals surface area contributed by atoms with E-state index in [0.717, 1.165) is 27.9 Å². The van der Waals surface area contributed by atoms with Crippen LogP contribution in [0.15, 0.2) is 48.5 Å². The van der Waals surface area contributed by atoms with E-state index >= 15 is 0 Å². The summed E-state index contributed by atoms with van der Waals surface area (Å²) < 4.78 is 31.3. The Labute approximate surface area is 210 Å². The zero-order chi connectivity index (χ0) is 26.0. The average molecular weight is 495 g/mol. The Hall–Kier alpha value is -3.78. The number of aliphatic hydroxyl groups is 1. The fourth-order valence-electron chi connectivity index (χ4n) is 4.46. The van der Waals surface area contributed by atoms with Crippen molar-refractivity contribution in [2.75, 3.05) is 37.6 Å². The maximum Gasteiger partial charge on any atom is 0.251 e. The van der Waals surface area contributed by atoms with Crippen LogP contribution in [0.25, 0.3) is 11.1 Å². The summed E-state index contributed by atoms with van der Waals surface area (Å²) >= 11 is 0. The van der Waals surface area contributed by atoms with Crippen LogP contribution in [0.2, 0.25) is 0 Å². The fraction of sp³-hybridized carbons (Fsp3) is 0.321. The number of likely N-dealkylation sites (N-methyl/N-ethyl adjacent to an activating group) is 1. The van der Waals surface area contributed by atoms with Gasteiger partial charge in [0.25, 0.3) is 5.91 Å². The van der Waals surface area contributed by atoms with Gasteiger partial charge in [-0.2, -0.15) is 0 Å². The zero-order valence-electron chi connectivity index (χ0n) is 21.1. The van der Waals surface area contributed by atoms with Crippen molar-refractivity contribution in [1.82, 2.24) is 0 Å². The van der Waals surface area contributed by atoms with Gasteiger partial charge in [-0.05, 0) is 56.2 Å². The second-order valence-electron chi connectivity index (χ2n) is 9.23. The second kappa shape index (κ2) is 10.1. The van der Waals surface area contributed by atoms with Gasteiger partial charge in [0.2, 0.25) is 0 Å². The highest BCUT2D eigenvalue weighted by molar-refractivity contribution is 6.08. The number of aliphatic hydroxyl groups excluding tert-OH is 1. The van der Waals surface area contributed by atoms with Gasteiger partial charge >= 0.3 is 0 Å². The van der Waals surface area contributed by atoms with E-state index in [0.29, 0.717) is 22.9 Å². The Morgan fingerprint density at radius 2 is 1.78 bits per heavy atom. The summed E-state index contributed by atoms with van der Waals surface area (Å²) in [4.78, 5) is 14.8. The number of carbonyl (C=O) groups is 1. The molecule has 0 bridgehead atoms. The lowest BCUT2D eigenvalue weighted by Crippen LogP contribution is -2.52. The molecule has 190 valence electrons. The molecule has 0 aliphatic carbocycles. The molecule has 0 radical (unpaired) electrons. The Morgan fingerprint density at radius 1 is 1.03 bits per heavy atom. The van der Waals surface area contributed by atoms with E-state index in [1.165, 1.54) is 12.1 Å². The number of halogens is 1. The molecule has 0 spiro atoms. The number of anilines is 2. The molecule has 1 aliphatic heterocycles. The third-order valence-electron chi connectivity index (χ3n) is 6.25. The molecule has 8 heteroatoms. The number of hydrogen-bond acceptors (Lipinski definition) is 6. The molecule has 0 aromatic heterocycles. The predicted octanol–water partition coefficient (Wildman–Crippen LogP) is 4.93. The van der Waals surface area contributed by atoms with Gasteiger partial charge in [-0.25, -0.2) is 4.39 Å². The summed E-state index contributed by atoms with van der Waals surface area (Å²) in [6, 6.07) is 13.7. The van der Waals surface area contributed by atoms with Crippen LogP contribution in [0, 0.1) is 12.7 Å². The second-order valence-corrected chi connectivity index (χ2v) is 9.23. The highest BCUT2D eigenvalue weighted by atomic mass is 19.1. The highest BCUT2D eigenvalue weighted by Crippen LogP contribution is 2.45. The van der Waals surface area contributed by atoms with Gasteiger partial charge in [0.15, 0.2) is 0 Å². The van der Waals surface area contributed by atoms with Gasteiger partial charge < -0.3 is 29.5 Å². The number of benzene rings is 3. The Kier molecular flexibility index (Phi) is 7.08. The monoisotopic (exact) mass is 494 g/mol. The van der Waals surface area contributed by atoms with E-state index < -0.39 is 5.54 Å². The number of ether oxygens (including phenoxy) is 3. The number of methoxy groups -OCH3 is 1. The van der Waals surface area contributed by atoms with Crippen molar-refractivity contribution >= 4 is 17.3 Å². The molecule has 0 saturated heterocycles. The minimum Gasteiger partial charge on any atom is -0.496 e. The van der Waals surface area contributed by atoms with E-state index in [-0.39, 0.29) is 31.5 Å². The number of hydrogen-bond donors (Lipinski definition) is 2. The predicted molar refractivity (Wildman–Crippen MR) is 138 cm³/mol. The summed E-state index contributed by atoms with van der Waals surface area (Å²) in [6.45, 7) is 5.69. The summed E-state index contributed by atoms with van der Waals surface area (Å²) in [7, 11) is 3.31. The molecule has 1 aliphatic rings. The van der Waals surface area contributed by atoms with Gasteiger partial charge in [-0.3, -0.25) is 4.79 Å². The number of aryl methyl sites for hydroxylation is 1. The van der Waals surface area contributed by atoms with E-state index in [4.69, 9.17) is 19.3 Å². The number of rotatable bonds is 8. The first-order valence-electron chi connectivity index (χ1n) is 11.7. The standard InChI is InChI=1S/C28H31FN2O5/c1-17-6-7-18(29)14-24(17)36-16-22-20(21-9-8-19(35-13-12-32)15-25(21)34-5)10-11-23-26(22)31(4)27(33)28(2,3)30-23/h6-11,14-15,30,32H,12-13,16H2,1-5H3. The Bertz CT molecular complexity index is 1290. The van der Waals surface area contributed by atoms with Crippen molar-refractivity contribution < 1.29 is 28.5 Å². The molecular weight excluding hydrogens is 463 g/mol. The first-order valence-corrected chi connectivity index (χ1v) is 11.7. The van der Waals surface area contributed by atoms with Crippen molar-refractivity contribution in [1.29, 1.82) is 0 Å². The van der Waals surface area contributed by atoms with Crippen molar-refractivity contribution in [3.05, 3.63) is 65.5 Å². The maximum absolute atomic E-state index is 13.9. The lowest BCUT2D eigenvalue weighted by Gasteiger charge is -2.39. The number of amides is 1. The number of nitrogens with one attached hydrogen (secondary N) is 1. The minimum absolute atomic E-state index is 0.0879. The molecule has 0 saturated carbocycles. The molecule has 3 aromatic carbocycles. The van der Waals surface area contributed by atoms with Crippen LogP contribution in [0.5, 0.6) is 17.2 Å². The Balaban J connectivity index is 1.85. The third kappa shape index (κ3) is 4.81. The van der Waals surface area contributed by atoms with Crippen molar-refractivity contribution in [3.8, 4) is 28.4 Å². The smallest absolute Gasteiger partial charge is 0.251 e. The number of carbonyl (C=O) groups excluding carboxylic acids is 1. The van der Waals surface area contributed by atoms with Crippen LogP contribution in [-0.4, -0.2) is 43.9 Å². The molecule has 2 N–H and O–H groups in total. The van der Waals surface area contributed by atoms with Gasteiger partial charge in [-0.1, -0.05) is 12.1 Å². The third-order valence-corrected chi connectivity index (χ3v) is 6.25. The van der Waals surface area contributed by atoms with Crippen molar-refractivity contribution in [2.24, 2.45) is 0 Å². The van der Waals surface area contributed by atoms with Gasteiger partial charge in [-0.15, -0.1) is 0 Å². The molecule has 7 nitrogen and oxygen atoms in total. The number of fused-ring (bicyclic) bond motifs is 1. The van der Waals surface area contributed by atoms with Crippen LogP contribution in [0.3, 0.4) is 0 Å². The summed E-state index contributed by atoms with van der Waals surface area (Å²) in [6.07, 6.45) is 0. The summed E-state index contributed by atoms with van der Waals surface area (Å²) in [5, 5.41) is 12.4. The first kappa shape index (κ1) is 25.3. The van der Waals surface area contributed by atoms with Crippen molar-refractivity contribution in [2.45, 2.75) is 32.9 Å². The SMILES string of the molecule is COc1cc(OCCO)ccc1-c1ccc2c(c1COc1cc(F)ccc1C)N(C)C(=O)C(C)(C)N2. The Morgan fingerprint density at radius 3 is 2.50 bits per heavy atom. The molecule has 0 fully saturated rings. The molecule has 0 atom stereocenters. The van der Waals surface area contributed by atoms with E-state index in [9.17, 15) is 9.18 Å². The molecule has 1 heterocycles. The minimum atomic E-state index is -0.774. The number of nitrogens with zero attached hydrogens (tertiary/aromatic N) is 1. The van der Waals surface area contributed by atoms with Gasteiger partial charge in [0, 0.05) is 30.3 Å². The molecule has 1 amide bonds. The van der Waals surface area contributed by atoms with Gasteiger partial charge in [0.05, 0.1) is 25.1 Å². The largest absolute Gasteiger partial charge is 0.496 e. The average Bonchev–Trinajstić information content (AvgIpc) is 2.86. The molecule has 0 unspecified atom stereocenters. The molecular formula is C28H31FN2O5. The van der Waals surface area contributed by atoms with E-state index in [1.807, 2.05) is 39.0 Å². The molecule has 3 aromatic rings. The maximum atomic E-state index is 13.9. The lowest BCUT2D eigenvalue weighted by atomic mass is 9.91. The summed E-state index contributed by atoms with van der Waals surface area (Å²) in [5.74, 6) is 1.08. The quantitative estimate of drug-likeness (QED) is 0.463. The van der Waals surface area contributed by atoms with Crippen LogP contribution < -0.4 is 24.4 Å². The van der Waals surface area contributed by atoms with Crippen molar-refractivity contribution in [3.63, 3.8) is 0 Å². The van der Waals surface area contributed by atoms with Gasteiger partial charge in [0.1, 0.15) is 41.8 Å². The van der Waals surface area contributed by atoms with Crippen LogP contribution >= 0.6 is 0 Å². The zero-order valence-corrected chi connectivity index (χ0v) is 21.1. The van der Waals surface area contributed by atoms with Crippen LogP contribution in [0.1, 0.15) is 25.0 Å². The molecule has 4 rings (SSSR count).